The molecule has 1 saturated heterocycles. The number of nitrogens with two attached hydrogens (primary N) is 1. The Morgan fingerprint density at radius 3 is 3.00 bits per heavy atom. The quantitative estimate of drug-likeness (QED) is 0.807. The highest BCUT2D eigenvalue weighted by Gasteiger charge is 2.20. The van der Waals surface area contributed by atoms with E-state index >= 15 is 0 Å². The molecule has 24 heavy (non-hydrogen) atoms. The number of amides is 1. The minimum Gasteiger partial charge on any atom is -0.366 e. The maximum Gasteiger partial charge on any atom is 0.248 e. The third kappa shape index (κ3) is 4.41. The molecule has 0 unspecified atom stereocenters. The second-order valence-corrected chi connectivity index (χ2v) is 7.39. The van der Waals surface area contributed by atoms with E-state index in [9.17, 15) is 4.79 Å². The van der Waals surface area contributed by atoms with Crippen molar-refractivity contribution in [2.75, 3.05) is 19.6 Å². The normalized spacial score (nSPS) is 17.5. The van der Waals surface area contributed by atoms with E-state index in [1.54, 1.807) is 17.4 Å². The summed E-state index contributed by atoms with van der Waals surface area (Å²) in [5.41, 5.74) is 10.1. The first-order valence-electron chi connectivity index (χ1n) is 8.32. The van der Waals surface area contributed by atoms with Gasteiger partial charge in [-0.25, -0.2) is 4.98 Å². The molecule has 128 valence electrons. The van der Waals surface area contributed by atoms with Crippen LogP contribution < -0.4 is 11.1 Å². The highest BCUT2D eigenvalue weighted by molar-refractivity contribution is 7.09. The lowest BCUT2D eigenvalue weighted by atomic mass is 10.1. The SMILES string of the molecule is Cc1ncsc1CN(Cc1cccc(C(N)=O)c1)C[C@H]1CCNC1. The molecule has 2 aromatic rings. The molecule has 0 aliphatic carbocycles. The Kier molecular flexibility index (Phi) is 5.60. The first kappa shape index (κ1) is 17.1. The van der Waals surface area contributed by atoms with Crippen LogP contribution in [0.15, 0.2) is 29.8 Å². The first-order valence-corrected chi connectivity index (χ1v) is 9.20. The molecule has 0 spiro atoms. The Hall–Kier alpha value is -1.76. The molecule has 1 aliphatic heterocycles. The van der Waals surface area contributed by atoms with Crippen LogP contribution in [0.25, 0.3) is 0 Å². The summed E-state index contributed by atoms with van der Waals surface area (Å²) in [6, 6.07) is 7.64. The fourth-order valence-corrected chi connectivity index (χ4v) is 4.00. The Labute approximate surface area is 146 Å². The van der Waals surface area contributed by atoms with Crippen molar-refractivity contribution in [1.82, 2.24) is 15.2 Å². The summed E-state index contributed by atoms with van der Waals surface area (Å²) in [6.45, 7) is 7.01. The summed E-state index contributed by atoms with van der Waals surface area (Å²) in [5.74, 6) is 0.305. The van der Waals surface area contributed by atoms with Crippen molar-refractivity contribution in [3.8, 4) is 0 Å². The van der Waals surface area contributed by atoms with Gasteiger partial charge in [0.05, 0.1) is 11.2 Å². The van der Waals surface area contributed by atoms with Gasteiger partial charge in [-0.15, -0.1) is 11.3 Å². The molecule has 1 amide bonds. The molecule has 0 saturated carbocycles. The number of nitrogens with zero attached hydrogens (tertiary/aromatic N) is 2. The van der Waals surface area contributed by atoms with E-state index in [1.165, 1.54) is 11.3 Å². The van der Waals surface area contributed by atoms with Gasteiger partial charge in [0.25, 0.3) is 0 Å². The van der Waals surface area contributed by atoms with Crippen LogP contribution in [-0.4, -0.2) is 35.4 Å². The number of aromatic nitrogens is 1. The summed E-state index contributed by atoms with van der Waals surface area (Å²) >= 11 is 1.71. The zero-order valence-electron chi connectivity index (χ0n) is 14.0. The van der Waals surface area contributed by atoms with Gasteiger partial charge in [-0.2, -0.15) is 0 Å². The van der Waals surface area contributed by atoms with Gasteiger partial charge in [0.2, 0.25) is 5.91 Å². The fraction of sp³-hybridized carbons (Fsp3) is 0.444. The molecule has 1 aromatic carbocycles. The van der Waals surface area contributed by atoms with Crippen molar-refractivity contribution in [1.29, 1.82) is 0 Å². The Bertz CT molecular complexity index is 694. The second kappa shape index (κ2) is 7.88. The van der Waals surface area contributed by atoms with Crippen LogP contribution in [0.4, 0.5) is 0 Å². The van der Waals surface area contributed by atoms with Crippen LogP contribution in [0, 0.1) is 12.8 Å². The number of hydrogen-bond acceptors (Lipinski definition) is 5. The average molecular weight is 344 g/mol. The van der Waals surface area contributed by atoms with Gasteiger partial charge in [0, 0.05) is 30.1 Å². The third-order valence-corrected chi connectivity index (χ3v) is 5.43. The highest BCUT2D eigenvalue weighted by atomic mass is 32.1. The molecule has 3 rings (SSSR count). The smallest absolute Gasteiger partial charge is 0.248 e. The number of aryl methyl sites for hydroxylation is 1. The zero-order chi connectivity index (χ0) is 16.9. The van der Waals surface area contributed by atoms with Gasteiger partial charge < -0.3 is 11.1 Å². The first-order chi connectivity index (χ1) is 11.6. The van der Waals surface area contributed by atoms with E-state index in [0.29, 0.717) is 11.5 Å². The minimum absolute atomic E-state index is 0.373. The second-order valence-electron chi connectivity index (χ2n) is 6.45. The number of rotatable bonds is 7. The van der Waals surface area contributed by atoms with Gasteiger partial charge in [0.1, 0.15) is 0 Å². The predicted octanol–water partition coefficient (Wildman–Crippen LogP) is 2.16. The Morgan fingerprint density at radius 2 is 2.33 bits per heavy atom. The van der Waals surface area contributed by atoms with Crippen molar-refractivity contribution in [2.45, 2.75) is 26.4 Å². The lowest BCUT2D eigenvalue weighted by Crippen LogP contribution is -2.30. The Morgan fingerprint density at radius 1 is 1.46 bits per heavy atom. The van der Waals surface area contributed by atoms with E-state index in [4.69, 9.17) is 5.73 Å². The average Bonchev–Trinajstić information content (AvgIpc) is 3.20. The Balaban J connectivity index is 1.74. The molecular weight excluding hydrogens is 320 g/mol. The largest absolute Gasteiger partial charge is 0.366 e. The highest BCUT2D eigenvalue weighted by Crippen LogP contribution is 2.20. The maximum atomic E-state index is 11.4. The van der Waals surface area contributed by atoms with Crippen LogP contribution in [0.2, 0.25) is 0 Å². The van der Waals surface area contributed by atoms with Gasteiger partial charge in [0.15, 0.2) is 0 Å². The monoisotopic (exact) mass is 344 g/mol. The molecule has 3 N–H and O–H groups in total. The number of thiazole rings is 1. The summed E-state index contributed by atoms with van der Waals surface area (Å²) in [4.78, 5) is 19.5. The number of carbonyl (C=O) groups is 1. The molecule has 1 atom stereocenters. The summed E-state index contributed by atoms with van der Waals surface area (Å²) in [7, 11) is 0. The third-order valence-electron chi connectivity index (χ3n) is 4.51. The van der Waals surface area contributed by atoms with Crippen molar-refractivity contribution in [2.24, 2.45) is 11.7 Å². The lowest BCUT2D eigenvalue weighted by Gasteiger charge is -2.25. The van der Waals surface area contributed by atoms with E-state index in [1.807, 2.05) is 17.6 Å². The van der Waals surface area contributed by atoms with Crippen LogP contribution in [0.1, 0.15) is 32.9 Å². The molecule has 6 heteroatoms. The van der Waals surface area contributed by atoms with E-state index in [0.717, 1.165) is 44.0 Å². The molecule has 1 aromatic heterocycles. The minimum atomic E-state index is -0.373. The van der Waals surface area contributed by atoms with E-state index in [2.05, 4.69) is 28.2 Å². The van der Waals surface area contributed by atoms with Crippen molar-refractivity contribution in [3.63, 3.8) is 0 Å². The molecule has 1 aliphatic rings. The van der Waals surface area contributed by atoms with E-state index in [-0.39, 0.29) is 5.91 Å². The van der Waals surface area contributed by atoms with Gasteiger partial charge in [-0.05, 0) is 50.0 Å². The number of benzene rings is 1. The van der Waals surface area contributed by atoms with Crippen LogP contribution in [0.5, 0.6) is 0 Å². The van der Waals surface area contributed by atoms with Crippen molar-refractivity contribution in [3.05, 3.63) is 51.5 Å². The molecule has 0 bridgehead atoms. The van der Waals surface area contributed by atoms with Crippen molar-refractivity contribution >= 4 is 17.2 Å². The van der Waals surface area contributed by atoms with Crippen LogP contribution in [0.3, 0.4) is 0 Å². The lowest BCUT2D eigenvalue weighted by molar-refractivity contribution is 0.1000. The van der Waals surface area contributed by atoms with Gasteiger partial charge in [-0.1, -0.05) is 12.1 Å². The molecular formula is C18H24N4OS. The van der Waals surface area contributed by atoms with Crippen molar-refractivity contribution < 1.29 is 4.79 Å². The number of carbonyl (C=O) groups excluding carboxylic acids is 1. The van der Waals surface area contributed by atoms with E-state index < -0.39 is 0 Å². The number of primary amides is 1. The summed E-state index contributed by atoms with van der Waals surface area (Å²) in [6.07, 6.45) is 1.22. The summed E-state index contributed by atoms with van der Waals surface area (Å²) in [5, 5.41) is 3.44. The zero-order valence-corrected chi connectivity index (χ0v) is 14.8. The van der Waals surface area contributed by atoms with Gasteiger partial charge in [-0.3, -0.25) is 9.69 Å². The predicted molar refractivity (Wildman–Crippen MR) is 96.9 cm³/mol. The molecule has 2 heterocycles. The maximum absolute atomic E-state index is 11.4. The van der Waals surface area contributed by atoms with Crippen LogP contribution >= 0.6 is 11.3 Å². The van der Waals surface area contributed by atoms with Gasteiger partial charge >= 0.3 is 0 Å². The topological polar surface area (TPSA) is 71.2 Å². The number of nitrogens with one attached hydrogen (secondary N) is 1. The molecule has 5 nitrogen and oxygen atoms in total. The molecule has 0 radical (unpaired) electrons. The molecule has 1 fully saturated rings. The standard InChI is InChI=1S/C18H24N4OS/c1-13-17(24-12-21-13)11-22(10-15-5-6-20-8-15)9-14-3-2-4-16(7-14)18(19)23/h2-4,7,12,15,20H,5-6,8-11H2,1H3,(H2,19,23)/t15-/m0/s1. The number of hydrogen-bond donors (Lipinski definition) is 2. The summed E-state index contributed by atoms with van der Waals surface area (Å²) < 4.78 is 0. The fourth-order valence-electron chi connectivity index (χ4n) is 3.18. The van der Waals surface area contributed by atoms with Crippen LogP contribution in [-0.2, 0) is 13.1 Å².